The highest BCUT2D eigenvalue weighted by atomic mass is 79.9. The third kappa shape index (κ3) is 2.46. The highest BCUT2D eigenvalue weighted by Gasteiger charge is 2.25. The summed E-state index contributed by atoms with van der Waals surface area (Å²) < 4.78 is 0.830. The van der Waals surface area contributed by atoms with E-state index in [1.807, 2.05) is 25.1 Å². The Balaban J connectivity index is 2.29. The maximum Gasteiger partial charge on any atom is 0.103 e. The minimum absolute atomic E-state index is 0.219. The molecule has 1 saturated heterocycles. The van der Waals surface area contributed by atoms with Gasteiger partial charge in [-0.15, -0.1) is 0 Å². The van der Waals surface area contributed by atoms with Gasteiger partial charge in [-0.3, -0.25) is 0 Å². The van der Waals surface area contributed by atoms with Crippen molar-refractivity contribution < 1.29 is 5.11 Å². The summed E-state index contributed by atoms with van der Waals surface area (Å²) in [7, 11) is 0. The Morgan fingerprint density at radius 3 is 2.94 bits per heavy atom. The number of anilines is 1. The van der Waals surface area contributed by atoms with Crippen molar-refractivity contribution in [3.8, 4) is 6.07 Å². The molecule has 90 valence electrons. The molecule has 0 aliphatic carbocycles. The molecule has 2 unspecified atom stereocenters. The van der Waals surface area contributed by atoms with Crippen LogP contribution in [0, 0.1) is 17.2 Å². The van der Waals surface area contributed by atoms with Gasteiger partial charge in [0, 0.05) is 17.6 Å². The second kappa shape index (κ2) is 5.07. The summed E-state index contributed by atoms with van der Waals surface area (Å²) in [6.07, 6.45) is 0.544. The predicted molar refractivity (Wildman–Crippen MR) is 70.9 cm³/mol. The second-order valence-corrected chi connectivity index (χ2v) is 5.38. The fourth-order valence-electron chi connectivity index (χ4n) is 2.24. The summed E-state index contributed by atoms with van der Waals surface area (Å²) in [5.74, 6) is 0.245. The second-order valence-electron chi connectivity index (χ2n) is 4.53. The van der Waals surface area contributed by atoms with Gasteiger partial charge in [-0.1, -0.05) is 13.0 Å². The van der Waals surface area contributed by atoms with Crippen LogP contribution in [0.25, 0.3) is 0 Å². The molecule has 0 aromatic heterocycles. The third-order valence-corrected chi connectivity index (χ3v) is 3.96. The van der Waals surface area contributed by atoms with Crippen LogP contribution in [0.2, 0.25) is 0 Å². The monoisotopic (exact) mass is 294 g/mol. The molecule has 2 rings (SSSR count). The zero-order valence-electron chi connectivity index (χ0n) is 9.73. The fourth-order valence-corrected chi connectivity index (χ4v) is 2.68. The van der Waals surface area contributed by atoms with Crippen LogP contribution in [0.4, 0.5) is 5.69 Å². The molecule has 0 bridgehead atoms. The van der Waals surface area contributed by atoms with Crippen LogP contribution < -0.4 is 4.90 Å². The van der Waals surface area contributed by atoms with Gasteiger partial charge in [0.15, 0.2) is 0 Å². The first-order valence-electron chi connectivity index (χ1n) is 5.75. The number of hydrogen-bond acceptors (Lipinski definition) is 3. The number of halogens is 1. The van der Waals surface area contributed by atoms with Crippen LogP contribution in [0.5, 0.6) is 0 Å². The van der Waals surface area contributed by atoms with Gasteiger partial charge in [0.1, 0.15) is 6.07 Å². The van der Waals surface area contributed by atoms with Gasteiger partial charge < -0.3 is 10.0 Å². The zero-order chi connectivity index (χ0) is 12.4. The first kappa shape index (κ1) is 12.4. The largest absolute Gasteiger partial charge is 0.393 e. The van der Waals surface area contributed by atoms with E-state index < -0.39 is 0 Å². The first-order chi connectivity index (χ1) is 8.13. The maximum absolute atomic E-state index is 9.72. The van der Waals surface area contributed by atoms with E-state index in [4.69, 9.17) is 0 Å². The lowest BCUT2D eigenvalue weighted by Crippen LogP contribution is -2.42. The number of hydrogen-bond donors (Lipinski definition) is 1. The van der Waals surface area contributed by atoms with E-state index in [2.05, 4.69) is 26.9 Å². The van der Waals surface area contributed by atoms with Crippen molar-refractivity contribution in [2.45, 2.75) is 19.4 Å². The summed E-state index contributed by atoms with van der Waals surface area (Å²) in [6.45, 7) is 3.64. The van der Waals surface area contributed by atoms with Gasteiger partial charge in [-0.2, -0.15) is 5.26 Å². The Labute approximate surface area is 110 Å². The zero-order valence-corrected chi connectivity index (χ0v) is 11.3. The van der Waals surface area contributed by atoms with Crippen LogP contribution in [-0.4, -0.2) is 24.3 Å². The van der Waals surface area contributed by atoms with Crippen LogP contribution in [0.3, 0.4) is 0 Å². The van der Waals surface area contributed by atoms with Crippen molar-refractivity contribution in [3.63, 3.8) is 0 Å². The molecule has 2 atom stereocenters. The van der Waals surface area contributed by atoms with Gasteiger partial charge in [-0.25, -0.2) is 0 Å². The van der Waals surface area contributed by atoms with E-state index in [0.29, 0.717) is 5.56 Å². The molecule has 1 fully saturated rings. The van der Waals surface area contributed by atoms with Crippen molar-refractivity contribution in [1.82, 2.24) is 0 Å². The Morgan fingerprint density at radius 2 is 2.29 bits per heavy atom. The molecule has 1 N–H and O–H groups in total. The SMILES string of the molecule is CC1CN(c2cccc(Br)c2C#N)CCC1O. The number of nitrogens with zero attached hydrogens (tertiary/aromatic N) is 2. The van der Waals surface area contributed by atoms with Gasteiger partial charge >= 0.3 is 0 Å². The third-order valence-electron chi connectivity index (χ3n) is 3.30. The molecule has 0 amide bonds. The maximum atomic E-state index is 9.72. The highest BCUT2D eigenvalue weighted by Crippen LogP contribution is 2.30. The van der Waals surface area contributed by atoms with Crippen molar-refractivity contribution in [1.29, 1.82) is 5.26 Å². The van der Waals surface area contributed by atoms with E-state index in [1.165, 1.54) is 0 Å². The van der Waals surface area contributed by atoms with E-state index >= 15 is 0 Å². The summed E-state index contributed by atoms with van der Waals surface area (Å²) >= 11 is 3.40. The average molecular weight is 295 g/mol. The molecule has 1 aromatic rings. The first-order valence-corrected chi connectivity index (χ1v) is 6.54. The molecule has 4 heteroatoms. The lowest BCUT2D eigenvalue weighted by molar-refractivity contribution is 0.0971. The van der Waals surface area contributed by atoms with Gasteiger partial charge in [0.25, 0.3) is 0 Å². The lowest BCUT2D eigenvalue weighted by atomic mass is 9.96. The topological polar surface area (TPSA) is 47.3 Å². The highest BCUT2D eigenvalue weighted by molar-refractivity contribution is 9.10. The fraction of sp³-hybridized carbons (Fsp3) is 0.462. The Hall–Kier alpha value is -1.05. The molecule has 0 radical (unpaired) electrons. The smallest absolute Gasteiger partial charge is 0.103 e. The quantitative estimate of drug-likeness (QED) is 0.866. The van der Waals surface area contributed by atoms with Gasteiger partial charge in [-0.05, 0) is 40.4 Å². The number of aliphatic hydroxyl groups is 1. The standard InChI is InChI=1S/C13H15BrN2O/c1-9-8-16(6-5-13(9)17)12-4-2-3-11(14)10(12)7-15/h2-4,9,13,17H,5-6,8H2,1H3. The molecule has 0 saturated carbocycles. The summed E-state index contributed by atoms with van der Waals surface area (Å²) in [6, 6.07) is 8.02. The molecule has 1 aromatic carbocycles. The van der Waals surface area contributed by atoms with Crippen LogP contribution in [0.1, 0.15) is 18.9 Å². The molecular weight excluding hydrogens is 280 g/mol. The van der Waals surface area contributed by atoms with Crippen molar-refractivity contribution in [2.75, 3.05) is 18.0 Å². The molecule has 1 aliphatic heterocycles. The van der Waals surface area contributed by atoms with Crippen molar-refractivity contribution in [3.05, 3.63) is 28.2 Å². The lowest BCUT2D eigenvalue weighted by Gasteiger charge is -2.36. The average Bonchev–Trinajstić information content (AvgIpc) is 2.32. The normalized spacial score (nSPS) is 24.5. The van der Waals surface area contributed by atoms with Crippen LogP contribution in [0.15, 0.2) is 22.7 Å². The number of aliphatic hydroxyl groups excluding tert-OH is 1. The van der Waals surface area contributed by atoms with Crippen LogP contribution >= 0.6 is 15.9 Å². The Kier molecular flexibility index (Phi) is 3.70. The minimum Gasteiger partial charge on any atom is -0.393 e. The van der Waals surface area contributed by atoms with Crippen molar-refractivity contribution >= 4 is 21.6 Å². The Bertz CT molecular complexity index is 455. The van der Waals surface area contributed by atoms with Crippen LogP contribution in [-0.2, 0) is 0 Å². The minimum atomic E-state index is -0.219. The Morgan fingerprint density at radius 1 is 1.53 bits per heavy atom. The molecule has 1 aliphatic rings. The van der Waals surface area contributed by atoms with Gasteiger partial charge in [0.05, 0.1) is 17.4 Å². The van der Waals surface area contributed by atoms with E-state index in [1.54, 1.807) is 0 Å². The summed E-state index contributed by atoms with van der Waals surface area (Å²) in [5, 5.41) is 18.9. The van der Waals surface area contributed by atoms with E-state index in [0.717, 1.165) is 29.7 Å². The van der Waals surface area contributed by atoms with Gasteiger partial charge in [0.2, 0.25) is 0 Å². The summed E-state index contributed by atoms with van der Waals surface area (Å²) in [5.41, 5.74) is 1.64. The van der Waals surface area contributed by atoms with E-state index in [9.17, 15) is 10.4 Å². The molecule has 3 nitrogen and oxygen atoms in total. The number of nitriles is 1. The van der Waals surface area contributed by atoms with Crippen molar-refractivity contribution in [2.24, 2.45) is 5.92 Å². The summed E-state index contributed by atoms with van der Waals surface area (Å²) in [4.78, 5) is 2.18. The molecule has 0 spiro atoms. The molecular formula is C13H15BrN2O. The predicted octanol–water partition coefficient (Wildman–Crippen LogP) is 2.53. The number of piperidine rings is 1. The van der Waals surface area contributed by atoms with E-state index in [-0.39, 0.29) is 12.0 Å². The number of rotatable bonds is 1. The molecule has 17 heavy (non-hydrogen) atoms. The number of benzene rings is 1. The molecule has 1 heterocycles.